The van der Waals surface area contributed by atoms with Crippen LogP contribution in [0.4, 0.5) is 17.3 Å². The number of nitrogens with one attached hydrogen (secondary N) is 1. The highest BCUT2D eigenvalue weighted by Crippen LogP contribution is 2.46. The highest BCUT2D eigenvalue weighted by Gasteiger charge is 2.46. The second-order valence-corrected chi connectivity index (χ2v) is 7.30. The van der Waals surface area contributed by atoms with Gasteiger partial charge in [0.15, 0.2) is 0 Å². The fourth-order valence-electron chi connectivity index (χ4n) is 4.02. The molecule has 2 atom stereocenters. The van der Waals surface area contributed by atoms with Crippen LogP contribution < -0.4 is 21.7 Å². The largest absolute Gasteiger partial charge is 0.396 e. The summed E-state index contributed by atoms with van der Waals surface area (Å²) in [6.45, 7) is 1.95. The van der Waals surface area contributed by atoms with Crippen molar-refractivity contribution in [1.82, 2.24) is 10.3 Å². The van der Waals surface area contributed by atoms with Gasteiger partial charge < -0.3 is 21.7 Å². The minimum Gasteiger partial charge on any atom is -0.396 e. The summed E-state index contributed by atoms with van der Waals surface area (Å²) in [6, 6.07) is 1.97. The smallest absolute Gasteiger partial charge is 0.255 e. The Balaban J connectivity index is 1.57. The highest BCUT2D eigenvalue weighted by atomic mass is 16.1. The molecule has 2 aliphatic carbocycles. The number of anilines is 3. The van der Waals surface area contributed by atoms with Crippen molar-refractivity contribution in [3.8, 4) is 0 Å². The number of hydrogen-bond acceptors (Lipinski definition) is 5. The Morgan fingerprint density at radius 1 is 1.17 bits per heavy atom. The summed E-state index contributed by atoms with van der Waals surface area (Å²) >= 11 is 0. The maximum atomic E-state index is 12.8. The van der Waals surface area contributed by atoms with Crippen molar-refractivity contribution in [2.45, 2.75) is 44.6 Å². The van der Waals surface area contributed by atoms with Gasteiger partial charge in [-0.25, -0.2) is 4.98 Å². The zero-order valence-electron chi connectivity index (χ0n) is 13.4. The number of nitrogens with zero attached hydrogens (tertiary/aromatic N) is 2. The maximum absolute atomic E-state index is 12.8. The minimum atomic E-state index is -0.0633. The molecule has 5 N–H and O–H groups in total. The fourth-order valence-corrected chi connectivity index (χ4v) is 4.02. The van der Waals surface area contributed by atoms with Crippen LogP contribution >= 0.6 is 0 Å². The van der Waals surface area contributed by atoms with Crippen molar-refractivity contribution >= 4 is 23.2 Å². The van der Waals surface area contributed by atoms with E-state index >= 15 is 0 Å². The average Bonchev–Trinajstić information content (AvgIpc) is 3.16. The summed E-state index contributed by atoms with van der Waals surface area (Å²) in [4.78, 5) is 19.4. The second-order valence-electron chi connectivity index (χ2n) is 7.30. The van der Waals surface area contributed by atoms with Gasteiger partial charge in [0.25, 0.3) is 5.91 Å². The van der Waals surface area contributed by atoms with Crippen molar-refractivity contribution in [2.75, 3.05) is 29.5 Å². The standard InChI is InChI=1S/C17H25N5O/c18-14-7-13(17(23)20-12-4-2-1-3-5-12)16(21-15(14)19)22-8-10-6-11(10)9-22/h7,10-12H,1-6,8-9,18H2,(H2,19,21)(H,20,23). The number of amides is 1. The zero-order chi connectivity index (χ0) is 16.0. The first-order valence-electron chi connectivity index (χ1n) is 8.73. The lowest BCUT2D eigenvalue weighted by molar-refractivity contribution is 0.0928. The molecule has 1 aliphatic heterocycles. The van der Waals surface area contributed by atoms with Crippen LogP contribution in [0.5, 0.6) is 0 Å². The van der Waals surface area contributed by atoms with Crippen LogP contribution in [0.15, 0.2) is 6.07 Å². The Hall–Kier alpha value is -1.98. The molecule has 0 aromatic carbocycles. The lowest BCUT2D eigenvalue weighted by Gasteiger charge is -2.26. The number of fused-ring (bicyclic) bond motifs is 1. The normalized spacial score (nSPS) is 26.9. The number of hydrogen-bond donors (Lipinski definition) is 3. The third-order valence-electron chi connectivity index (χ3n) is 5.53. The predicted octanol–water partition coefficient (Wildman–Crippen LogP) is 1.76. The molecule has 6 heteroatoms. The Morgan fingerprint density at radius 3 is 2.57 bits per heavy atom. The first kappa shape index (κ1) is 14.6. The van der Waals surface area contributed by atoms with Gasteiger partial charge in [-0.15, -0.1) is 0 Å². The minimum absolute atomic E-state index is 0.0633. The molecule has 3 aliphatic rings. The van der Waals surface area contributed by atoms with Crippen LogP contribution in [0.3, 0.4) is 0 Å². The Kier molecular flexibility index (Phi) is 3.54. The molecule has 1 aromatic rings. The summed E-state index contributed by atoms with van der Waals surface area (Å²) in [6.07, 6.45) is 7.08. The number of aromatic nitrogens is 1. The van der Waals surface area contributed by atoms with Gasteiger partial charge in [-0.05, 0) is 37.2 Å². The van der Waals surface area contributed by atoms with Gasteiger partial charge >= 0.3 is 0 Å². The van der Waals surface area contributed by atoms with Crippen molar-refractivity contribution < 1.29 is 4.79 Å². The Labute approximate surface area is 136 Å². The number of rotatable bonds is 3. The van der Waals surface area contributed by atoms with Gasteiger partial charge in [0.05, 0.1) is 11.3 Å². The molecule has 2 saturated carbocycles. The van der Waals surface area contributed by atoms with Crippen LogP contribution in [-0.2, 0) is 0 Å². The third kappa shape index (κ3) is 2.82. The summed E-state index contributed by atoms with van der Waals surface area (Å²) in [7, 11) is 0. The topological polar surface area (TPSA) is 97.3 Å². The van der Waals surface area contributed by atoms with Gasteiger partial charge in [-0.1, -0.05) is 19.3 Å². The first-order chi connectivity index (χ1) is 11.1. The number of nitrogen functional groups attached to an aromatic ring is 2. The number of piperidine rings is 1. The van der Waals surface area contributed by atoms with Gasteiger partial charge in [0.2, 0.25) is 0 Å². The number of carbonyl (C=O) groups excluding carboxylic acids is 1. The summed E-state index contributed by atoms with van der Waals surface area (Å²) in [5.41, 5.74) is 12.8. The van der Waals surface area contributed by atoms with Gasteiger partial charge in [-0.3, -0.25) is 4.79 Å². The van der Waals surface area contributed by atoms with Gasteiger partial charge in [0, 0.05) is 19.1 Å². The quantitative estimate of drug-likeness (QED) is 0.789. The zero-order valence-corrected chi connectivity index (χ0v) is 13.4. The van der Waals surface area contributed by atoms with Gasteiger partial charge in [-0.2, -0.15) is 0 Å². The van der Waals surface area contributed by atoms with Crippen LogP contribution in [0, 0.1) is 11.8 Å². The molecule has 0 bridgehead atoms. The van der Waals surface area contributed by atoms with Crippen molar-refractivity contribution in [3.63, 3.8) is 0 Å². The lowest BCUT2D eigenvalue weighted by Crippen LogP contribution is -2.37. The number of carbonyl (C=O) groups is 1. The van der Waals surface area contributed by atoms with E-state index in [2.05, 4.69) is 15.2 Å². The first-order valence-corrected chi connectivity index (χ1v) is 8.73. The van der Waals surface area contributed by atoms with E-state index in [9.17, 15) is 4.79 Å². The molecule has 2 heterocycles. The molecule has 3 fully saturated rings. The molecular weight excluding hydrogens is 290 g/mol. The summed E-state index contributed by atoms with van der Waals surface area (Å²) in [5, 5.41) is 3.17. The molecule has 6 nitrogen and oxygen atoms in total. The molecule has 124 valence electrons. The van der Waals surface area contributed by atoms with E-state index < -0.39 is 0 Å². The van der Waals surface area contributed by atoms with E-state index in [-0.39, 0.29) is 11.9 Å². The van der Waals surface area contributed by atoms with Gasteiger partial charge in [0.1, 0.15) is 11.6 Å². The molecule has 23 heavy (non-hydrogen) atoms. The third-order valence-corrected chi connectivity index (χ3v) is 5.53. The van der Waals surface area contributed by atoms with E-state index in [0.717, 1.165) is 37.8 Å². The van der Waals surface area contributed by atoms with E-state index in [0.29, 0.717) is 22.9 Å². The van der Waals surface area contributed by atoms with E-state index in [1.807, 2.05) is 0 Å². The molecule has 0 spiro atoms. The van der Waals surface area contributed by atoms with Crippen LogP contribution in [0.2, 0.25) is 0 Å². The molecule has 0 radical (unpaired) electrons. The molecular formula is C17H25N5O. The molecule has 2 unspecified atom stereocenters. The fraction of sp³-hybridized carbons (Fsp3) is 0.647. The molecule has 1 amide bonds. The molecule has 4 rings (SSSR count). The van der Waals surface area contributed by atoms with Crippen molar-refractivity contribution in [3.05, 3.63) is 11.6 Å². The second kappa shape index (κ2) is 5.58. The van der Waals surface area contributed by atoms with E-state index in [1.54, 1.807) is 6.07 Å². The Bertz CT molecular complexity index is 616. The highest BCUT2D eigenvalue weighted by molar-refractivity contribution is 6.00. The maximum Gasteiger partial charge on any atom is 0.255 e. The van der Waals surface area contributed by atoms with Crippen LogP contribution in [0.25, 0.3) is 0 Å². The SMILES string of the molecule is Nc1cc(C(=O)NC2CCCCC2)c(N2CC3CC3C2)nc1N. The van der Waals surface area contributed by atoms with Crippen LogP contribution in [-0.4, -0.2) is 30.0 Å². The summed E-state index contributed by atoms with van der Waals surface area (Å²) < 4.78 is 0. The van der Waals surface area contributed by atoms with Crippen LogP contribution in [0.1, 0.15) is 48.9 Å². The average molecular weight is 315 g/mol. The number of pyridine rings is 1. The summed E-state index contributed by atoms with van der Waals surface area (Å²) in [5.74, 6) is 2.49. The monoisotopic (exact) mass is 315 g/mol. The molecule has 1 saturated heterocycles. The van der Waals surface area contributed by atoms with E-state index in [4.69, 9.17) is 11.5 Å². The van der Waals surface area contributed by atoms with E-state index in [1.165, 1.54) is 25.7 Å². The number of nitrogens with two attached hydrogens (primary N) is 2. The lowest BCUT2D eigenvalue weighted by atomic mass is 9.95. The van der Waals surface area contributed by atoms with Crippen molar-refractivity contribution in [1.29, 1.82) is 0 Å². The predicted molar refractivity (Wildman–Crippen MR) is 91.2 cm³/mol. The Morgan fingerprint density at radius 2 is 1.87 bits per heavy atom. The molecule has 1 aromatic heterocycles. The van der Waals surface area contributed by atoms with Crippen molar-refractivity contribution in [2.24, 2.45) is 11.8 Å².